The Morgan fingerprint density at radius 2 is 1.80 bits per heavy atom. The number of ether oxygens (including phenoxy) is 1. The summed E-state index contributed by atoms with van der Waals surface area (Å²) in [5, 5.41) is 3.05. The summed E-state index contributed by atoms with van der Waals surface area (Å²) in [5.74, 6) is 1.24. The van der Waals surface area contributed by atoms with Crippen molar-refractivity contribution in [2.75, 3.05) is 19.0 Å². The van der Waals surface area contributed by atoms with Crippen LogP contribution in [-0.4, -0.2) is 19.6 Å². The number of rotatable bonds is 5. The molecule has 2 rings (SSSR count). The molecule has 0 aliphatic rings. The molecule has 0 aliphatic heterocycles. The van der Waals surface area contributed by atoms with Crippen LogP contribution in [0.3, 0.4) is 0 Å². The van der Waals surface area contributed by atoms with Gasteiger partial charge in [0.25, 0.3) is 0 Å². The molecule has 0 aromatic heterocycles. The largest absolute Gasteiger partial charge is 0.497 e. The topological polar surface area (TPSA) is 59.6 Å². The number of aliphatic imine (C=N–C) groups is 1. The highest BCUT2D eigenvalue weighted by Crippen LogP contribution is 2.14. The Labute approximate surface area is 119 Å². The van der Waals surface area contributed by atoms with E-state index >= 15 is 0 Å². The van der Waals surface area contributed by atoms with E-state index in [0.717, 1.165) is 17.9 Å². The first-order chi connectivity index (χ1) is 9.78. The summed E-state index contributed by atoms with van der Waals surface area (Å²) in [6, 6.07) is 17.8. The minimum absolute atomic E-state index is 0.422. The number of anilines is 1. The molecule has 0 radical (unpaired) electrons. The zero-order chi connectivity index (χ0) is 14.2. The van der Waals surface area contributed by atoms with Gasteiger partial charge in [-0.1, -0.05) is 30.3 Å². The Hall–Kier alpha value is -2.49. The fourth-order valence-electron chi connectivity index (χ4n) is 1.81. The van der Waals surface area contributed by atoms with E-state index < -0.39 is 0 Å². The van der Waals surface area contributed by atoms with Gasteiger partial charge in [0.2, 0.25) is 0 Å². The van der Waals surface area contributed by atoms with E-state index in [9.17, 15) is 0 Å². The lowest BCUT2D eigenvalue weighted by Gasteiger charge is -2.06. The minimum Gasteiger partial charge on any atom is -0.497 e. The lowest BCUT2D eigenvalue weighted by molar-refractivity contribution is 0.415. The van der Waals surface area contributed by atoms with Crippen LogP contribution in [-0.2, 0) is 6.42 Å². The molecule has 20 heavy (non-hydrogen) atoms. The van der Waals surface area contributed by atoms with Crippen molar-refractivity contribution in [1.29, 1.82) is 0 Å². The van der Waals surface area contributed by atoms with E-state index in [1.54, 1.807) is 7.11 Å². The van der Waals surface area contributed by atoms with Crippen LogP contribution in [0.1, 0.15) is 5.56 Å². The van der Waals surface area contributed by atoms with E-state index in [0.29, 0.717) is 12.5 Å². The van der Waals surface area contributed by atoms with Crippen LogP contribution in [0.2, 0.25) is 0 Å². The van der Waals surface area contributed by atoms with Gasteiger partial charge in [-0.3, -0.25) is 4.99 Å². The summed E-state index contributed by atoms with van der Waals surface area (Å²) in [6.45, 7) is 0.666. The van der Waals surface area contributed by atoms with Crippen LogP contribution in [0.5, 0.6) is 5.75 Å². The average Bonchev–Trinajstić information content (AvgIpc) is 2.49. The van der Waals surface area contributed by atoms with Crippen LogP contribution >= 0.6 is 0 Å². The SMILES string of the molecule is COc1ccc(NC(N)=NCCc2ccccc2)cc1. The molecule has 0 amide bonds. The number of benzene rings is 2. The summed E-state index contributed by atoms with van der Waals surface area (Å²) in [6.07, 6.45) is 0.881. The van der Waals surface area contributed by atoms with Crippen molar-refractivity contribution in [3.63, 3.8) is 0 Å². The molecule has 0 saturated heterocycles. The van der Waals surface area contributed by atoms with Gasteiger partial charge in [0, 0.05) is 12.2 Å². The molecule has 0 unspecified atom stereocenters. The number of nitrogens with two attached hydrogens (primary N) is 1. The predicted octanol–water partition coefficient (Wildman–Crippen LogP) is 2.66. The average molecular weight is 269 g/mol. The first-order valence-corrected chi connectivity index (χ1v) is 6.53. The van der Waals surface area contributed by atoms with Crippen LogP contribution in [0.15, 0.2) is 59.6 Å². The molecule has 4 nitrogen and oxygen atoms in total. The van der Waals surface area contributed by atoms with Gasteiger partial charge in [-0.05, 0) is 36.2 Å². The van der Waals surface area contributed by atoms with Crippen molar-refractivity contribution in [3.05, 3.63) is 60.2 Å². The van der Waals surface area contributed by atoms with E-state index in [2.05, 4.69) is 22.4 Å². The van der Waals surface area contributed by atoms with Gasteiger partial charge < -0.3 is 15.8 Å². The van der Waals surface area contributed by atoms with E-state index in [-0.39, 0.29) is 0 Å². The van der Waals surface area contributed by atoms with E-state index in [4.69, 9.17) is 10.5 Å². The van der Waals surface area contributed by atoms with E-state index in [1.807, 2.05) is 42.5 Å². The maximum atomic E-state index is 5.85. The summed E-state index contributed by atoms with van der Waals surface area (Å²) in [7, 11) is 1.64. The van der Waals surface area contributed by atoms with Crippen molar-refractivity contribution >= 4 is 11.6 Å². The molecule has 3 N–H and O–H groups in total. The van der Waals surface area contributed by atoms with Gasteiger partial charge in [0.1, 0.15) is 5.75 Å². The van der Waals surface area contributed by atoms with Gasteiger partial charge in [0.05, 0.1) is 7.11 Å². The molecule has 104 valence electrons. The number of nitrogens with zero attached hydrogens (tertiary/aromatic N) is 1. The molecule has 4 heteroatoms. The van der Waals surface area contributed by atoms with Crippen LogP contribution in [0.4, 0.5) is 5.69 Å². The summed E-state index contributed by atoms with van der Waals surface area (Å²) in [4.78, 5) is 4.31. The third-order valence-corrected chi connectivity index (χ3v) is 2.89. The van der Waals surface area contributed by atoms with Crippen LogP contribution in [0, 0.1) is 0 Å². The molecular formula is C16H19N3O. The highest BCUT2D eigenvalue weighted by atomic mass is 16.5. The molecule has 0 aliphatic carbocycles. The number of nitrogens with one attached hydrogen (secondary N) is 1. The fourth-order valence-corrected chi connectivity index (χ4v) is 1.81. The number of guanidine groups is 1. The molecule has 0 spiro atoms. The van der Waals surface area contributed by atoms with Gasteiger partial charge in [-0.15, -0.1) is 0 Å². The first-order valence-electron chi connectivity index (χ1n) is 6.53. The predicted molar refractivity (Wildman–Crippen MR) is 83.3 cm³/mol. The molecule has 0 fully saturated rings. The first kappa shape index (κ1) is 13.9. The summed E-state index contributed by atoms with van der Waals surface area (Å²) >= 11 is 0. The van der Waals surface area contributed by atoms with E-state index in [1.165, 1.54) is 5.56 Å². The third-order valence-electron chi connectivity index (χ3n) is 2.89. The van der Waals surface area contributed by atoms with Gasteiger partial charge in [-0.2, -0.15) is 0 Å². The summed E-state index contributed by atoms with van der Waals surface area (Å²) < 4.78 is 5.10. The minimum atomic E-state index is 0.422. The highest BCUT2D eigenvalue weighted by Gasteiger charge is 1.96. The van der Waals surface area contributed by atoms with Gasteiger partial charge >= 0.3 is 0 Å². The summed E-state index contributed by atoms with van der Waals surface area (Å²) in [5.41, 5.74) is 8.00. The van der Waals surface area contributed by atoms with Crippen molar-refractivity contribution in [3.8, 4) is 5.75 Å². The third kappa shape index (κ3) is 4.31. The molecular weight excluding hydrogens is 250 g/mol. The molecule has 0 saturated carbocycles. The monoisotopic (exact) mass is 269 g/mol. The number of hydrogen-bond donors (Lipinski definition) is 2. The molecule has 0 heterocycles. The fraction of sp³-hybridized carbons (Fsp3) is 0.188. The quantitative estimate of drug-likeness (QED) is 0.648. The Morgan fingerprint density at radius 3 is 2.45 bits per heavy atom. The zero-order valence-electron chi connectivity index (χ0n) is 11.5. The highest BCUT2D eigenvalue weighted by molar-refractivity contribution is 5.92. The number of methoxy groups -OCH3 is 1. The smallest absolute Gasteiger partial charge is 0.193 e. The Balaban J connectivity index is 1.84. The second-order valence-electron chi connectivity index (χ2n) is 4.36. The lowest BCUT2D eigenvalue weighted by atomic mass is 10.2. The zero-order valence-corrected chi connectivity index (χ0v) is 11.5. The normalized spacial score (nSPS) is 11.2. The Morgan fingerprint density at radius 1 is 1.10 bits per heavy atom. The molecule has 0 bridgehead atoms. The standard InChI is InChI=1S/C16H19N3O/c1-20-15-9-7-14(8-10-15)19-16(17)18-12-11-13-5-3-2-4-6-13/h2-10H,11-12H2,1H3,(H3,17,18,19). The lowest BCUT2D eigenvalue weighted by Crippen LogP contribution is -2.23. The second-order valence-corrected chi connectivity index (χ2v) is 4.36. The van der Waals surface area contributed by atoms with Crippen molar-refractivity contribution in [2.45, 2.75) is 6.42 Å². The maximum Gasteiger partial charge on any atom is 0.193 e. The Bertz CT molecular complexity index is 550. The maximum absolute atomic E-state index is 5.85. The molecule has 2 aromatic rings. The van der Waals surface area contributed by atoms with Crippen LogP contribution < -0.4 is 15.8 Å². The molecule has 2 aromatic carbocycles. The van der Waals surface area contributed by atoms with Gasteiger partial charge in [-0.25, -0.2) is 0 Å². The number of hydrogen-bond acceptors (Lipinski definition) is 2. The second kappa shape index (κ2) is 7.19. The van der Waals surface area contributed by atoms with Crippen molar-refractivity contribution < 1.29 is 4.74 Å². The molecule has 0 atom stereocenters. The Kier molecular flexibility index (Phi) is 5.00. The van der Waals surface area contributed by atoms with Crippen molar-refractivity contribution in [1.82, 2.24) is 0 Å². The van der Waals surface area contributed by atoms with Crippen LogP contribution in [0.25, 0.3) is 0 Å². The van der Waals surface area contributed by atoms with Crippen molar-refractivity contribution in [2.24, 2.45) is 10.7 Å². The van der Waals surface area contributed by atoms with Gasteiger partial charge in [0.15, 0.2) is 5.96 Å².